The average molecular weight is 349 g/mol. The van der Waals surface area contributed by atoms with Gasteiger partial charge in [-0.2, -0.15) is 4.98 Å². The third kappa shape index (κ3) is 3.60. The molecule has 0 spiro atoms. The van der Waals surface area contributed by atoms with E-state index in [1.54, 1.807) is 43.5 Å². The van der Waals surface area contributed by atoms with E-state index in [0.717, 1.165) is 0 Å². The Labute approximate surface area is 140 Å². The number of rotatable bonds is 5. The lowest BCUT2D eigenvalue weighted by Gasteiger charge is -2.02. The van der Waals surface area contributed by atoms with Crippen LogP contribution in [0.4, 0.5) is 0 Å². The van der Waals surface area contributed by atoms with Crippen LogP contribution in [0.2, 0.25) is 5.02 Å². The lowest BCUT2D eigenvalue weighted by molar-refractivity contribution is 0.413. The monoisotopic (exact) mass is 348 g/mol. The third-order valence-electron chi connectivity index (χ3n) is 3.14. The van der Waals surface area contributed by atoms with Gasteiger partial charge in [0.1, 0.15) is 5.75 Å². The van der Waals surface area contributed by atoms with Crippen molar-refractivity contribution in [3.63, 3.8) is 0 Å². The van der Waals surface area contributed by atoms with E-state index in [2.05, 4.69) is 10.1 Å². The van der Waals surface area contributed by atoms with Crippen molar-refractivity contribution in [2.45, 2.75) is 10.6 Å². The number of hydrogen-bond acceptors (Lipinski definition) is 5. The Morgan fingerprint density at radius 3 is 2.83 bits per heavy atom. The highest BCUT2D eigenvalue weighted by atomic mass is 35.5. The summed E-state index contributed by atoms with van der Waals surface area (Å²) in [6.45, 7) is 0. The van der Waals surface area contributed by atoms with Crippen molar-refractivity contribution in [3.05, 3.63) is 59.4 Å². The minimum absolute atomic E-state index is 0.154. The van der Waals surface area contributed by atoms with E-state index in [-0.39, 0.29) is 5.75 Å². The largest absolute Gasteiger partial charge is 0.497 e. The number of ether oxygens (including phenoxy) is 1. The molecule has 0 unspecified atom stereocenters. The molecule has 3 aromatic rings. The first-order chi connectivity index (χ1) is 11.2. The van der Waals surface area contributed by atoms with Crippen LogP contribution in [0.15, 0.2) is 57.9 Å². The van der Waals surface area contributed by atoms with E-state index in [9.17, 15) is 4.21 Å². The van der Waals surface area contributed by atoms with Crippen LogP contribution in [0.1, 0.15) is 5.82 Å². The van der Waals surface area contributed by atoms with Gasteiger partial charge in [0.15, 0.2) is 5.82 Å². The van der Waals surface area contributed by atoms with Gasteiger partial charge < -0.3 is 9.26 Å². The van der Waals surface area contributed by atoms with Crippen molar-refractivity contribution in [2.24, 2.45) is 0 Å². The van der Waals surface area contributed by atoms with Crippen molar-refractivity contribution >= 4 is 22.4 Å². The molecular formula is C16H13ClN2O3S. The first-order valence-corrected chi connectivity index (χ1v) is 8.47. The molecule has 2 aromatic carbocycles. The zero-order chi connectivity index (χ0) is 16.2. The molecule has 0 aliphatic heterocycles. The molecule has 1 heterocycles. The van der Waals surface area contributed by atoms with Crippen molar-refractivity contribution in [3.8, 4) is 17.2 Å². The van der Waals surface area contributed by atoms with E-state index >= 15 is 0 Å². The molecule has 0 aliphatic rings. The fraction of sp³-hybridized carbons (Fsp3) is 0.125. The van der Waals surface area contributed by atoms with E-state index in [1.165, 1.54) is 0 Å². The highest BCUT2D eigenvalue weighted by Crippen LogP contribution is 2.26. The van der Waals surface area contributed by atoms with Gasteiger partial charge in [-0.05, 0) is 30.3 Å². The lowest BCUT2D eigenvalue weighted by Crippen LogP contribution is -1.99. The van der Waals surface area contributed by atoms with Crippen LogP contribution in [0.5, 0.6) is 5.75 Å². The lowest BCUT2D eigenvalue weighted by atomic mass is 10.2. The van der Waals surface area contributed by atoms with Gasteiger partial charge in [-0.1, -0.05) is 35.0 Å². The molecule has 0 fully saturated rings. The molecule has 0 bridgehead atoms. The highest BCUT2D eigenvalue weighted by Gasteiger charge is 2.15. The zero-order valence-corrected chi connectivity index (χ0v) is 13.8. The van der Waals surface area contributed by atoms with Crippen LogP contribution in [-0.4, -0.2) is 21.5 Å². The Bertz CT molecular complexity index is 851. The molecule has 0 saturated heterocycles. The fourth-order valence-electron chi connectivity index (χ4n) is 2.00. The van der Waals surface area contributed by atoms with Crippen LogP contribution in [-0.2, 0) is 16.6 Å². The predicted octanol–water partition coefficient (Wildman–Crippen LogP) is 3.71. The molecule has 5 nitrogen and oxygen atoms in total. The number of methoxy groups -OCH3 is 1. The molecule has 23 heavy (non-hydrogen) atoms. The first kappa shape index (κ1) is 15.7. The highest BCUT2D eigenvalue weighted by molar-refractivity contribution is 7.84. The maximum atomic E-state index is 12.4. The fourth-order valence-corrected chi connectivity index (χ4v) is 3.21. The summed E-state index contributed by atoms with van der Waals surface area (Å²) in [4.78, 5) is 4.91. The van der Waals surface area contributed by atoms with Crippen LogP contribution in [0, 0.1) is 0 Å². The van der Waals surface area contributed by atoms with E-state index < -0.39 is 10.8 Å². The number of halogens is 1. The van der Waals surface area contributed by atoms with Crippen molar-refractivity contribution < 1.29 is 13.5 Å². The standard InChI is InChI=1S/C16H13ClN2O3S/c1-21-11-5-4-6-12(9-11)23(20)10-15-18-16(22-19-15)13-7-2-3-8-14(13)17/h2-9H,10H2,1H3/t23-/m1/s1. The second-order valence-corrected chi connectivity index (χ2v) is 6.52. The van der Waals surface area contributed by atoms with Gasteiger partial charge in [0, 0.05) is 4.90 Å². The normalized spacial score (nSPS) is 12.1. The van der Waals surface area contributed by atoms with E-state index in [4.69, 9.17) is 20.9 Å². The van der Waals surface area contributed by atoms with E-state index in [0.29, 0.717) is 32.9 Å². The number of aromatic nitrogens is 2. The zero-order valence-electron chi connectivity index (χ0n) is 12.2. The van der Waals surface area contributed by atoms with Gasteiger partial charge in [0.25, 0.3) is 5.89 Å². The minimum Gasteiger partial charge on any atom is -0.497 e. The van der Waals surface area contributed by atoms with Gasteiger partial charge in [0.2, 0.25) is 0 Å². The summed E-state index contributed by atoms with van der Waals surface area (Å²) < 4.78 is 22.7. The van der Waals surface area contributed by atoms with Crippen molar-refractivity contribution in [2.75, 3.05) is 7.11 Å². The summed E-state index contributed by atoms with van der Waals surface area (Å²) in [6.07, 6.45) is 0. The van der Waals surface area contributed by atoms with Crippen LogP contribution < -0.4 is 4.74 Å². The number of hydrogen-bond donors (Lipinski definition) is 0. The molecule has 0 aliphatic carbocycles. The molecule has 0 saturated carbocycles. The first-order valence-electron chi connectivity index (χ1n) is 6.77. The molecule has 118 valence electrons. The third-order valence-corrected chi connectivity index (χ3v) is 4.77. The maximum absolute atomic E-state index is 12.4. The number of nitrogens with zero attached hydrogens (tertiary/aromatic N) is 2. The van der Waals surface area contributed by atoms with Crippen LogP contribution in [0.3, 0.4) is 0 Å². The maximum Gasteiger partial charge on any atom is 0.259 e. The molecule has 0 radical (unpaired) electrons. The summed E-state index contributed by atoms with van der Waals surface area (Å²) in [5, 5.41) is 4.40. The Kier molecular flexibility index (Phi) is 4.73. The van der Waals surface area contributed by atoms with Crippen molar-refractivity contribution in [1.82, 2.24) is 10.1 Å². The second kappa shape index (κ2) is 6.93. The number of benzene rings is 2. The predicted molar refractivity (Wildman–Crippen MR) is 87.9 cm³/mol. The van der Waals surface area contributed by atoms with Gasteiger partial charge in [0.05, 0.1) is 34.2 Å². The minimum atomic E-state index is -1.29. The van der Waals surface area contributed by atoms with Crippen LogP contribution in [0.25, 0.3) is 11.5 Å². The summed E-state index contributed by atoms with van der Waals surface area (Å²) in [5.74, 6) is 1.48. The topological polar surface area (TPSA) is 65.2 Å². The van der Waals surface area contributed by atoms with Crippen LogP contribution >= 0.6 is 11.6 Å². The summed E-state index contributed by atoms with van der Waals surface area (Å²) in [7, 11) is 0.274. The van der Waals surface area contributed by atoms with E-state index in [1.807, 2.05) is 12.1 Å². The Hall–Kier alpha value is -2.18. The average Bonchev–Trinajstić information content (AvgIpc) is 3.03. The SMILES string of the molecule is COc1cccc([S@](=O)Cc2noc(-c3ccccc3Cl)n2)c1. The summed E-state index contributed by atoms with van der Waals surface area (Å²) in [5.41, 5.74) is 0.653. The van der Waals surface area contributed by atoms with Gasteiger partial charge >= 0.3 is 0 Å². The smallest absolute Gasteiger partial charge is 0.259 e. The quantitative estimate of drug-likeness (QED) is 0.703. The molecule has 0 amide bonds. The molecule has 1 atom stereocenters. The van der Waals surface area contributed by atoms with Gasteiger partial charge in [-0.15, -0.1) is 0 Å². The summed E-state index contributed by atoms with van der Waals surface area (Å²) in [6, 6.07) is 14.3. The second-order valence-electron chi connectivity index (χ2n) is 4.66. The van der Waals surface area contributed by atoms with Gasteiger partial charge in [-0.3, -0.25) is 4.21 Å². The molecule has 1 aromatic heterocycles. The Balaban J connectivity index is 1.79. The summed E-state index contributed by atoms with van der Waals surface area (Å²) >= 11 is 6.10. The molecule has 0 N–H and O–H groups in total. The van der Waals surface area contributed by atoms with Crippen molar-refractivity contribution in [1.29, 1.82) is 0 Å². The Morgan fingerprint density at radius 1 is 1.22 bits per heavy atom. The molecule has 7 heteroatoms. The van der Waals surface area contributed by atoms with Gasteiger partial charge in [-0.25, -0.2) is 0 Å². The molecule has 3 rings (SSSR count). The molecular weight excluding hydrogens is 336 g/mol. The Morgan fingerprint density at radius 2 is 2.04 bits per heavy atom.